The SMILES string of the molecule is CN(C)C(=O)N1CCN(Cc2cnn(Cc3ccc(F)cc3)c2)CC1. The molecule has 0 spiro atoms. The second-order valence-electron chi connectivity index (χ2n) is 6.61. The van der Waals surface area contributed by atoms with Crippen LogP contribution in [-0.2, 0) is 13.1 Å². The van der Waals surface area contributed by atoms with E-state index >= 15 is 0 Å². The Balaban J connectivity index is 1.50. The molecule has 1 fully saturated rings. The van der Waals surface area contributed by atoms with Gasteiger partial charge in [0.15, 0.2) is 0 Å². The number of halogens is 1. The molecule has 134 valence electrons. The van der Waals surface area contributed by atoms with Crippen LogP contribution in [0.15, 0.2) is 36.7 Å². The molecule has 25 heavy (non-hydrogen) atoms. The number of carbonyl (C=O) groups excluding carboxylic acids is 1. The van der Waals surface area contributed by atoms with Gasteiger partial charge in [0.25, 0.3) is 0 Å². The van der Waals surface area contributed by atoms with E-state index in [4.69, 9.17) is 0 Å². The van der Waals surface area contributed by atoms with Crippen LogP contribution < -0.4 is 0 Å². The minimum atomic E-state index is -0.225. The van der Waals surface area contributed by atoms with Gasteiger partial charge in [0, 0.05) is 58.6 Å². The Morgan fingerprint density at radius 2 is 1.76 bits per heavy atom. The summed E-state index contributed by atoms with van der Waals surface area (Å²) in [6.07, 6.45) is 3.90. The summed E-state index contributed by atoms with van der Waals surface area (Å²) in [6.45, 7) is 4.69. The Labute approximate surface area is 147 Å². The Morgan fingerprint density at radius 3 is 2.40 bits per heavy atom. The van der Waals surface area contributed by atoms with E-state index in [1.807, 2.05) is 22.0 Å². The molecule has 0 atom stereocenters. The fraction of sp³-hybridized carbons (Fsp3) is 0.444. The molecule has 1 aliphatic rings. The van der Waals surface area contributed by atoms with E-state index < -0.39 is 0 Å². The molecule has 0 N–H and O–H groups in total. The highest BCUT2D eigenvalue weighted by Crippen LogP contribution is 2.11. The van der Waals surface area contributed by atoms with E-state index in [0.29, 0.717) is 6.54 Å². The first-order valence-electron chi connectivity index (χ1n) is 8.45. The third kappa shape index (κ3) is 4.57. The first-order chi connectivity index (χ1) is 12.0. The van der Waals surface area contributed by atoms with Gasteiger partial charge in [-0.25, -0.2) is 9.18 Å². The Morgan fingerprint density at radius 1 is 1.08 bits per heavy atom. The van der Waals surface area contributed by atoms with Crippen molar-refractivity contribution in [3.63, 3.8) is 0 Å². The number of benzene rings is 1. The van der Waals surface area contributed by atoms with Gasteiger partial charge >= 0.3 is 6.03 Å². The molecule has 6 nitrogen and oxygen atoms in total. The van der Waals surface area contributed by atoms with E-state index in [0.717, 1.165) is 43.9 Å². The monoisotopic (exact) mass is 345 g/mol. The van der Waals surface area contributed by atoms with Gasteiger partial charge in [-0.3, -0.25) is 9.58 Å². The van der Waals surface area contributed by atoms with Crippen molar-refractivity contribution >= 4 is 6.03 Å². The number of amides is 2. The largest absolute Gasteiger partial charge is 0.331 e. The average Bonchev–Trinajstić information content (AvgIpc) is 3.04. The summed E-state index contributed by atoms with van der Waals surface area (Å²) in [7, 11) is 3.56. The number of hydrogen-bond donors (Lipinski definition) is 0. The molecule has 0 radical (unpaired) electrons. The average molecular weight is 345 g/mol. The van der Waals surface area contributed by atoms with Crippen LogP contribution in [0.5, 0.6) is 0 Å². The molecule has 0 bridgehead atoms. The summed E-state index contributed by atoms with van der Waals surface area (Å²) < 4.78 is 14.8. The van der Waals surface area contributed by atoms with Crippen molar-refractivity contribution in [1.29, 1.82) is 0 Å². The number of urea groups is 1. The van der Waals surface area contributed by atoms with Gasteiger partial charge in [0.1, 0.15) is 5.82 Å². The lowest BCUT2D eigenvalue weighted by molar-refractivity contribution is 0.120. The molecule has 1 aliphatic heterocycles. The van der Waals surface area contributed by atoms with Crippen molar-refractivity contribution in [2.24, 2.45) is 0 Å². The summed E-state index contributed by atoms with van der Waals surface area (Å²) in [6, 6.07) is 6.56. The molecular formula is C18H24FN5O. The third-order valence-electron chi connectivity index (χ3n) is 4.38. The fourth-order valence-electron chi connectivity index (χ4n) is 2.99. The van der Waals surface area contributed by atoms with Crippen molar-refractivity contribution in [1.82, 2.24) is 24.5 Å². The number of rotatable bonds is 4. The van der Waals surface area contributed by atoms with Gasteiger partial charge in [-0.15, -0.1) is 0 Å². The zero-order valence-electron chi connectivity index (χ0n) is 14.7. The molecule has 2 heterocycles. The Kier molecular flexibility index (Phi) is 5.33. The van der Waals surface area contributed by atoms with Crippen LogP contribution in [0, 0.1) is 5.82 Å². The number of carbonyl (C=O) groups is 1. The Hall–Kier alpha value is -2.41. The molecule has 0 saturated carbocycles. The van der Waals surface area contributed by atoms with Crippen molar-refractivity contribution in [3.8, 4) is 0 Å². The number of hydrogen-bond acceptors (Lipinski definition) is 3. The molecule has 1 aromatic heterocycles. The summed E-state index contributed by atoms with van der Waals surface area (Å²) in [5.74, 6) is -0.225. The molecule has 1 saturated heterocycles. The molecule has 3 rings (SSSR count). The maximum atomic E-state index is 13.0. The molecule has 7 heteroatoms. The summed E-state index contributed by atoms with van der Waals surface area (Å²) in [5, 5.41) is 4.39. The minimum absolute atomic E-state index is 0.0757. The topological polar surface area (TPSA) is 44.6 Å². The smallest absolute Gasteiger partial charge is 0.319 e. The van der Waals surface area contributed by atoms with E-state index in [-0.39, 0.29) is 11.8 Å². The van der Waals surface area contributed by atoms with Crippen LogP contribution >= 0.6 is 0 Å². The molecule has 1 aromatic carbocycles. The van der Waals surface area contributed by atoms with Gasteiger partial charge in [-0.1, -0.05) is 12.1 Å². The number of piperazine rings is 1. The van der Waals surface area contributed by atoms with Gasteiger partial charge in [0.05, 0.1) is 12.7 Å². The summed E-state index contributed by atoms with van der Waals surface area (Å²) >= 11 is 0. The predicted octanol–water partition coefficient (Wildman–Crippen LogP) is 1.87. The second-order valence-corrected chi connectivity index (χ2v) is 6.61. The molecular weight excluding hydrogens is 321 g/mol. The highest BCUT2D eigenvalue weighted by Gasteiger charge is 2.22. The first kappa shape index (κ1) is 17.4. The third-order valence-corrected chi connectivity index (χ3v) is 4.38. The minimum Gasteiger partial charge on any atom is -0.331 e. The van der Waals surface area contributed by atoms with Gasteiger partial charge in [-0.2, -0.15) is 5.10 Å². The van der Waals surface area contributed by atoms with Crippen LogP contribution in [0.2, 0.25) is 0 Å². The zero-order chi connectivity index (χ0) is 17.8. The van der Waals surface area contributed by atoms with E-state index in [9.17, 15) is 9.18 Å². The lowest BCUT2D eigenvalue weighted by Crippen LogP contribution is -2.51. The molecule has 0 aliphatic carbocycles. The van der Waals surface area contributed by atoms with E-state index in [1.165, 1.54) is 12.1 Å². The van der Waals surface area contributed by atoms with Crippen molar-refractivity contribution in [2.75, 3.05) is 40.3 Å². The van der Waals surface area contributed by atoms with Crippen molar-refractivity contribution in [3.05, 3.63) is 53.6 Å². The maximum Gasteiger partial charge on any atom is 0.319 e. The van der Waals surface area contributed by atoms with Crippen LogP contribution in [0.4, 0.5) is 9.18 Å². The first-order valence-corrected chi connectivity index (χ1v) is 8.45. The lowest BCUT2D eigenvalue weighted by atomic mass is 10.2. The van der Waals surface area contributed by atoms with Gasteiger partial charge in [-0.05, 0) is 17.7 Å². The summed E-state index contributed by atoms with van der Waals surface area (Å²) in [5.41, 5.74) is 2.17. The maximum absolute atomic E-state index is 13.0. The van der Waals surface area contributed by atoms with Crippen molar-refractivity contribution in [2.45, 2.75) is 13.1 Å². The number of aromatic nitrogens is 2. The Bertz CT molecular complexity index is 705. The van der Waals surface area contributed by atoms with Crippen LogP contribution in [0.1, 0.15) is 11.1 Å². The molecule has 0 unspecified atom stereocenters. The summed E-state index contributed by atoms with van der Waals surface area (Å²) in [4.78, 5) is 17.8. The van der Waals surface area contributed by atoms with E-state index in [2.05, 4.69) is 10.00 Å². The van der Waals surface area contributed by atoms with Gasteiger partial charge in [0.2, 0.25) is 0 Å². The highest BCUT2D eigenvalue weighted by molar-refractivity contribution is 5.73. The highest BCUT2D eigenvalue weighted by atomic mass is 19.1. The quantitative estimate of drug-likeness (QED) is 0.850. The second kappa shape index (κ2) is 7.65. The lowest BCUT2D eigenvalue weighted by Gasteiger charge is -2.35. The van der Waals surface area contributed by atoms with Crippen LogP contribution in [-0.4, -0.2) is 70.8 Å². The molecule has 2 amide bonds. The van der Waals surface area contributed by atoms with Crippen LogP contribution in [0.3, 0.4) is 0 Å². The fourth-order valence-corrected chi connectivity index (χ4v) is 2.99. The van der Waals surface area contributed by atoms with Crippen LogP contribution in [0.25, 0.3) is 0 Å². The predicted molar refractivity (Wildman–Crippen MR) is 93.7 cm³/mol. The standard InChI is InChI=1S/C18H24FN5O/c1-21(2)18(25)23-9-7-22(8-10-23)12-16-11-20-24(14-16)13-15-3-5-17(19)6-4-15/h3-6,11,14H,7-10,12-13H2,1-2H3. The molecule has 2 aromatic rings. The zero-order valence-corrected chi connectivity index (χ0v) is 14.7. The normalized spacial score (nSPS) is 15.4. The van der Waals surface area contributed by atoms with Crippen molar-refractivity contribution < 1.29 is 9.18 Å². The van der Waals surface area contributed by atoms with E-state index in [1.54, 1.807) is 31.1 Å². The van der Waals surface area contributed by atoms with Gasteiger partial charge < -0.3 is 9.80 Å². The number of nitrogens with zero attached hydrogens (tertiary/aromatic N) is 5.